The molecule has 7 heteroatoms. The summed E-state index contributed by atoms with van der Waals surface area (Å²) in [6, 6.07) is 11.4. The van der Waals surface area contributed by atoms with Crippen molar-refractivity contribution >= 4 is 33.2 Å². The van der Waals surface area contributed by atoms with Gasteiger partial charge in [0.15, 0.2) is 0 Å². The van der Waals surface area contributed by atoms with Crippen LogP contribution in [0.3, 0.4) is 0 Å². The number of halogens is 1. The summed E-state index contributed by atoms with van der Waals surface area (Å²) in [4.78, 5) is 15.7. The fourth-order valence-electron chi connectivity index (χ4n) is 3.07. The molecule has 0 spiro atoms. The second-order valence-corrected chi connectivity index (χ2v) is 7.79. The molecule has 5 nitrogen and oxygen atoms in total. The van der Waals surface area contributed by atoms with E-state index in [0.29, 0.717) is 23.9 Å². The first kappa shape index (κ1) is 16.5. The Labute approximate surface area is 157 Å². The highest BCUT2D eigenvalue weighted by atomic mass is 79.9. The number of thiophene rings is 1. The number of likely N-dealkylation sites (tertiary alicyclic amines) is 1. The molecule has 0 N–H and O–H groups in total. The van der Waals surface area contributed by atoms with E-state index in [0.717, 1.165) is 28.7 Å². The van der Waals surface area contributed by atoms with Gasteiger partial charge in [-0.05, 0) is 52.4 Å². The molecule has 1 amide bonds. The maximum absolute atomic E-state index is 12.8. The fourth-order valence-corrected chi connectivity index (χ4v) is 4.17. The molecule has 1 saturated heterocycles. The Bertz CT molecular complexity index is 878. The van der Waals surface area contributed by atoms with Crippen LogP contribution in [0, 0.1) is 0 Å². The molecule has 1 aliphatic rings. The van der Waals surface area contributed by atoms with Crippen LogP contribution in [0.4, 0.5) is 0 Å². The number of amides is 1. The minimum Gasteiger partial charge on any atom is -0.420 e. The molecule has 1 aromatic carbocycles. The lowest BCUT2D eigenvalue weighted by atomic mass is 9.97. The van der Waals surface area contributed by atoms with Crippen molar-refractivity contribution in [3.05, 3.63) is 57.7 Å². The van der Waals surface area contributed by atoms with Crippen molar-refractivity contribution in [2.24, 2.45) is 0 Å². The normalized spacial score (nSPS) is 17.6. The minimum absolute atomic E-state index is 0.0372. The van der Waals surface area contributed by atoms with E-state index < -0.39 is 0 Å². The van der Waals surface area contributed by atoms with Gasteiger partial charge in [0.25, 0.3) is 11.8 Å². The number of nitrogens with zero attached hydrogens (tertiary/aromatic N) is 3. The SMILES string of the molecule is O=C(c1ccccc1Br)N1CCCC(c2nnc(-c3cccs3)o2)C1. The average Bonchev–Trinajstić information content (AvgIpc) is 3.33. The third kappa shape index (κ3) is 3.39. The number of benzene rings is 1. The van der Waals surface area contributed by atoms with Gasteiger partial charge in [-0.25, -0.2) is 0 Å². The Morgan fingerprint density at radius 1 is 1.24 bits per heavy atom. The van der Waals surface area contributed by atoms with E-state index in [-0.39, 0.29) is 11.8 Å². The lowest BCUT2D eigenvalue weighted by Crippen LogP contribution is -2.39. The van der Waals surface area contributed by atoms with Crippen LogP contribution >= 0.6 is 27.3 Å². The summed E-state index contributed by atoms with van der Waals surface area (Å²) in [6.07, 6.45) is 1.88. The lowest BCUT2D eigenvalue weighted by Gasteiger charge is -2.31. The highest BCUT2D eigenvalue weighted by molar-refractivity contribution is 9.10. The fraction of sp³-hybridized carbons (Fsp3) is 0.278. The van der Waals surface area contributed by atoms with Gasteiger partial charge in [-0.3, -0.25) is 4.79 Å². The third-order valence-corrected chi connectivity index (χ3v) is 5.88. The molecular formula is C18H16BrN3O2S. The van der Waals surface area contributed by atoms with Crippen LogP contribution < -0.4 is 0 Å². The standard InChI is InChI=1S/C18H16BrN3O2S/c19-14-7-2-1-6-13(14)18(23)22-9-3-5-12(11-22)16-20-21-17(24-16)15-8-4-10-25-15/h1-2,4,6-8,10,12H,3,5,9,11H2. The van der Waals surface area contributed by atoms with Gasteiger partial charge in [0.1, 0.15) is 0 Å². The van der Waals surface area contributed by atoms with Crippen molar-refractivity contribution in [2.45, 2.75) is 18.8 Å². The Balaban J connectivity index is 1.51. The maximum atomic E-state index is 12.8. The molecule has 0 bridgehead atoms. The van der Waals surface area contributed by atoms with Crippen molar-refractivity contribution in [1.29, 1.82) is 0 Å². The Morgan fingerprint density at radius 2 is 2.12 bits per heavy atom. The van der Waals surface area contributed by atoms with Gasteiger partial charge in [-0.2, -0.15) is 0 Å². The Kier molecular flexibility index (Phi) is 4.67. The van der Waals surface area contributed by atoms with Crippen molar-refractivity contribution in [3.8, 4) is 10.8 Å². The van der Waals surface area contributed by atoms with Gasteiger partial charge in [0, 0.05) is 17.6 Å². The van der Waals surface area contributed by atoms with E-state index in [1.165, 1.54) is 0 Å². The first-order valence-electron chi connectivity index (χ1n) is 8.13. The van der Waals surface area contributed by atoms with Crippen LogP contribution in [0.5, 0.6) is 0 Å². The van der Waals surface area contributed by atoms with Crippen molar-refractivity contribution in [1.82, 2.24) is 15.1 Å². The zero-order valence-electron chi connectivity index (χ0n) is 13.4. The van der Waals surface area contributed by atoms with Crippen LogP contribution in [-0.2, 0) is 0 Å². The zero-order valence-corrected chi connectivity index (χ0v) is 15.8. The van der Waals surface area contributed by atoms with Crippen LogP contribution in [0.2, 0.25) is 0 Å². The number of hydrogen-bond donors (Lipinski definition) is 0. The summed E-state index contributed by atoms with van der Waals surface area (Å²) in [6.45, 7) is 1.36. The molecule has 3 aromatic rings. The first-order chi connectivity index (χ1) is 12.2. The second kappa shape index (κ2) is 7.09. The van der Waals surface area contributed by atoms with Gasteiger partial charge in [0.05, 0.1) is 16.4 Å². The highest BCUT2D eigenvalue weighted by Crippen LogP contribution is 2.31. The van der Waals surface area contributed by atoms with Crippen molar-refractivity contribution in [2.75, 3.05) is 13.1 Å². The zero-order chi connectivity index (χ0) is 17.2. The number of hydrogen-bond acceptors (Lipinski definition) is 5. The smallest absolute Gasteiger partial charge is 0.257 e. The van der Waals surface area contributed by atoms with Gasteiger partial charge in [0.2, 0.25) is 5.89 Å². The predicted molar refractivity (Wildman–Crippen MR) is 99.6 cm³/mol. The second-order valence-electron chi connectivity index (χ2n) is 5.99. The van der Waals surface area contributed by atoms with Crippen molar-refractivity contribution in [3.63, 3.8) is 0 Å². The van der Waals surface area contributed by atoms with Crippen LogP contribution in [-0.4, -0.2) is 34.1 Å². The quantitative estimate of drug-likeness (QED) is 0.625. The molecule has 0 radical (unpaired) electrons. The molecule has 4 rings (SSSR count). The van der Waals surface area contributed by atoms with Crippen LogP contribution in [0.25, 0.3) is 10.8 Å². The maximum Gasteiger partial charge on any atom is 0.257 e. The summed E-state index contributed by atoms with van der Waals surface area (Å²) >= 11 is 5.04. The van der Waals surface area contributed by atoms with Crippen LogP contribution in [0.1, 0.15) is 35.0 Å². The van der Waals surface area contributed by atoms with E-state index in [1.807, 2.05) is 46.7 Å². The summed E-state index contributed by atoms with van der Waals surface area (Å²) in [5.41, 5.74) is 0.688. The Hall–Kier alpha value is -1.99. The summed E-state index contributed by atoms with van der Waals surface area (Å²) in [5, 5.41) is 10.4. The number of rotatable bonds is 3. The summed E-state index contributed by atoms with van der Waals surface area (Å²) in [7, 11) is 0. The number of piperidine rings is 1. The molecule has 1 unspecified atom stereocenters. The van der Waals surface area contributed by atoms with E-state index in [2.05, 4.69) is 26.1 Å². The van der Waals surface area contributed by atoms with Gasteiger partial charge in [-0.1, -0.05) is 18.2 Å². The largest absolute Gasteiger partial charge is 0.420 e. The highest BCUT2D eigenvalue weighted by Gasteiger charge is 2.29. The first-order valence-corrected chi connectivity index (χ1v) is 9.80. The molecule has 1 fully saturated rings. The Morgan fingerprint density at radius 3 is 2.92 bits per heavy atom. The van der Waals surface area contributed by atoms with Crippen molar-refractivity contribution < 1.29 is 9.21 Å². The molecule has 1 atom stereocenters. The molecule has 0 aliphatic carbocycles. The molecule has 3 heterocycles. The molecule has 128 valence electrons. The van der Waals surface area contributed by atoms with E-state index in [9.17, 15) is 4.79 Å². The van der Waals surface area contributed by atoms with Gasteiger partial charge >= 0.3 is 0 Å². The van der Waals surface area contributed by atoms with E-state index in [4.69, 9.17) is 4.42 Å². The number of carbonyl (C=O) groups is 1. The number of carbonyl (C=O) groups excluding carboxylic acids is 1. The van der Waals surface area contributed by atoms with Crippen LogP contribution in [0.15, 0.2) is 50.7 Å². The average molecular weight is 418 g/mol. The predicted octanol–water partition coefficient (Wildman–Crippen LogP) is 4.58. The molecular weight excluding hydrogens is 402 g/mol. The summed E-state index contributed by atoms with van der Waals surface area (Å²) < 4.78 is 6.69. The minimum atomic E-state index is 0.0372. The van der Waals surface area contributed by atoms with Gasteiger partial charge < -0.3 is 9.32 Å². The topological polar surface area (TPSA) is 59.2 Å². The third-order valence-electron chi connectivity index (χ3n) is 4.33. The van der Waals surface area contributed by atoms with Gasteiger partial charge in [-0.15, -0.1) is 21.5 Å². The van der Waals surface area contributed by atoms with E-state index in [1.54, 1.807) is 11.3 Å². The molecule has 25 heavy (non-hydrogen) atoms. The molecule has 2 aromatic heterocycles. The monoisotopic (exact) mass is 417 g/mol. The summed E-state index contributed by atoms with van der Waals surface area (Å²) in [5.74, 6) is 1.30. The molecule has 1 aliphatic heterocycles. The number of aromatic nitrogens is 2. The lowest BCUT2D eigenvalue weighted by molar-refractivity contribution is 0.0697. The van der Waals surface area contributed by atoms with E-state index >= 15 is 0 Å². The molecule has 0 saturated carbocycles.